The molecule has 72 valence electrons. The Morgan fingerprint density at radius 3 is 2.64 bits per heavy atom. The summed E-state index contributed by atoms with van der Waals surface area (Å²) in [5.41, 5.74) is -0.414. The van der Waals surface area contributed by atoms with Crippen LogP contribution in [0.15, 0.2) is 12.1 Å². The van der Waals surface area contributed by atoms with Gasteiger partial charge in [0.1, 0.15) is 5.56 Å². The third kappa shape index (κ3) is 0.985. The summed E-state index contributed by atoms with van der Waals surface area (Å²) in [6, 6.07) is 2.57. The minimum Gasteiger partial charge on any atom is -0.494 e. The van der Waals surface area contributed by atoms with Crippen molar-refractivity contribution in [2.75, 3.05) is 7.11 Å². The Kier molecular flexibility index (Phi) is 1.73. The molecule has 4 nitrogen and oxygen atoms in total. The van der Waals surface area contributed by atoms with Crippen LogP contribution in [0.5, 0.6) is 5.75 Å². The first-order valence-electron chi connectivity index (χ1n) is 3.78. The molecule has 1 aliphatic heterocycles. The lowest BCUT2D eigenvalue weighted by molar-refractivity contribution is 0.0442. The van der Waals surface area contributed by atoms with E-state index in [1.165, 1.54) is 19.2 Å². The van der Waals surface area contributed by atoms with Crippen LogP contribution in [0.3, 0.4) is 0 Å². The lowest BCUT2D eigenvalue weighted by Crippen LogP contribution is -2.00. The number of carbonyl (C=O) groups is 2. The van der Waals surface area contributed by atoms with Gasteiger partial charge in [-0.25, -0.2) is 14.0 Å². The fourth-order valence-corrected chi connectivity index (χ4v) is 1.27. The molecular formula is C9H5FO4. The fourth-order valence-electron chi connectivity index (χ4n) is 1.27. The number of hydrogen-bond acceptors (Lipinski definition) is 4. The largest absolute Gasteiger partial charge is 0.494 e. The van der Waals surface area contributed by atoms with Gasteiger partial charge >= 0.3 is 11.9 Å². The Labute approximate surface area is 78.2 Å². The van der Waals surface area contributed by atoms with Crippen molar-refractivity contribution in [3.63, 3.8) is 0 Å². The smallest absolute Gasteiger partial charge is 0.350 e. The second-order valence-electron chi connectivity index (χ2n) is 2.68. The number of rotatable bonds is 1. The number of carbonyl (C=O) groups excluding carboxylic acids is 2. The molecule has 0 aliphatic carbocycles. The molecule has 0 atom stereocenters. The van der Waals surface area contributed by atoms with Crippen LogP contribution >= 0.6 is 0 Å². The second kappa shape index (κ2) is 2.80. The van der Waals surface area contributed by atoms with Gasteiger partial charge in [-0.15, -0.1) is 0 Å². The van der Waals surface area contributed by atoms with Crippen LogP contribution in [0.4, 0.5) is 4.39 Å². The third-order valence-corrected chi connectivity index (χ3v) is 1.94. The lowest BCUT2D eigenvalue weighted by atomic mass is 10.1. The highest BCUT2D eigenvalue weighted by Gasteiger charge is 2.34. The standard InChI is InChI=1S/C9H5FO4/c1-13-5-3-2-4-6(7(5)10)9(12)14-8(4)11/h2-3H,1H3. The molecule has 0 fully saturated rings. The second-order valence-corrected chi connectivity index (χ2v) is 2.68. The van der Waals surface area contributed by atoms with Crippen molar-refractivity contribution in [2.45, 2.75) is 0 Å². The summed E-state index contributed by atoms with van der Waals surface area (Å²) in [5, 5.41) is 0. The third-order valence-electron chi connectivity index (χ3n) is 1.94. The Bertz CT molecular complexity index is 439. The van der Waals surface area contributed by atoms with Crippen LogP contribution in [0.25, 0.3) is 0 Å². The molecule has 0 saturated heterocycles. The van der Waals surface area contributed by atoms with Crippen molar-refractivity contribution in [3.05, 3.63) is 29.1 Å². The molecule has 14 heavy (non-hydrogen) atoms. The van der Waals surface area contributed by atoms with Gasteiger partial charge in [-0.2, -0.15) is 0 Å². The van der Waals surface area contributed by atoms with Crippen molar-refractivity contribution in [1.82, 2.24) is 0 Å². The minimum atomic E-state index is -0.971. The topological polar surface area (TPSA) is 52.6 Å². The van der Waals surface area contributed by atoms with E-state index in [0.717, 1.165) is 0 Å². The Balaban J connectivity index is 2.70. The number of ether oxygens (including phenoxy) is 2. The first-order chi connectivity index (χ1) is 6.65. The van der Waals surface area contributed by atoms with E-state index in [0.29, 0.717) is 0 Å². The highest BCUT2D eigenvalue weighted by atomic mass is 19.1. The molecule has 0 amide bonds. The Morgan fingerprint density at radius 1 is 1.29 bits per heavy atom. The molecule has 0 saturated carbocycles. The Morgan fingerprint density at radius 2 is 2.00 bits per heavy atom. The van der Waals surface area contributed by atoms with Crippen molar-refractivity contribution in [2.24, 2.45) is 0 Å². The highest BCUT2D eigenvalue weighted by molar-refractivity contribution is 6.15. The number of halogens is 1. The van der Waals surface area contributed by atoms with Gasteiger partial charge in [-0.1, -0.05) is 0 Å². The summed E-state index contributed by atoms with van der Waals surface area (Å²) in [6.07, 6.45) is 0. The van der Waals surface area contributed by atoms with Crippen molar-refractivity contribution >= 4 is 11.9 Å². The zero-order valence-electron chi connectivity index (χ0n) is 7.17. The summed E-state index contributed by atoms with van der Waals surface area (Å²) in [7, 11) is 1.27. The van der Waals surface area contributed by atoms with Crippen LogP contribution in [0.1, 0.15) is 20.7 Å². The zero-order chi connectivity index (χ0) is 10.3. The van der Waals surface area contributed by atoms with Crippen molar-refractivity contribution in [1.29, 1.82) is 0 Å². The molecule has 0 aromatic heterocycles. The van der Waals surface area contributed by atoms with Crippen LogP contribution in [-0.4, -0.2) is 19.0 Å². The molecule has 1 aliphatic rings. The number of benzene rings is 1. The summed E-state index contributed by atoms with van der Waals surface area (Å²) >= 11 is 0. The minimum absolute atomic E-state index is 0.0618. The van der Waals surface area contributed by atoms with Gasteiger partial charge in [0.2, 0.25) is 0 Å². The Hall–Kier alpha value is -1.91. The van der Waals surface area contributed by atoms with E-state index in [-0.39, 0.29) is 16.9 Å². The van der Waals surface area contributed by atoms with Crippen LogP contribution in [0, 0.1) is 5.82 Å². The van der Waals surface area contributed by atoms with Gasteiger partial charge in [-0.3, -0.25) is 0 Å². The lowest BCUT2D eigenvalue weighted by Gasteiger charge is -2.02. The predicted molar refractivity (Wildman–Crippen MR) is 42.7 cm³/mol. The fraction of sp³-hybridized carbons (Fsp3) is 0.111. The van der Waals surface area contributed by atoms with E-state index in [1.54, 1.807) is 0 Å². The van der Waals surface area contributed by atoms with Crippen LogP contribution in [0.2, 0.25) is 0 Å². The number of fused-ring (bicyclic) bond motifs is 1. The van der Waals surface area contributed by atoms with Crippen LogP contribution < -0.4 is 4.74 Å². The summed E-state index contributed by atoms with van der Waals surface area (Å²) in [5.74, 6) is -2.75. The predicted octanol–water partition coefficient (Wildman–Crippen LogP) is 1.14. The molecule has 2 rings (SSSR count). The normalized spacial score (nSPS) is 13.9. The number of esters is 2. The first kappa shape index (κ1) is 8.68. The van der Waals surface area contributed by atoms with E-state index in [1.807, 2.05) is 0 Å². The molecule has 0 radical (unpaired) electrons. The maximum atomic E-state index is 13.4. The maximum Gasteiger partial charge on any atom is 0.350 e. The van der Waals surface area contributed by atoms with E-state index >= 15 is 0 Å². The average molecular weight is 196 g/mol. The van der Waals surface area contributed by atoms with E-state index < -0.39 is 17.8 Å². The van der Waals surface area contributed by atoms with Gasteiger partial charge in [0.15, 0.2) is 11.6 Å². The van der Waals surface area contributed by atoms with Crippen molar-refractivity contribution < 1.29 is 23.5 Å². The van der Waals surface area contributed by atoms with Gasteiger partial charge in [0.25, 0.3) is 0 Å². The monoisotopic (exact) mass is 196 g/mol. The molecule has 1 aromatic rings. The maximum absolute atomic E-state index is 13.4. The summed E-state index contributed by atoms with van der Waals surface area (Å²) < 4.78 is 22.3. The summed E-state index contributed by atoms with van der Waals surface area (Å²) in [6.45, 7) is 0. The molecule has 1 heterocycles. The van der Waals surface area contributed by atoms with E-state index in [2.05, 4.69) is 9.47 Å². The van der Waals surface area contributed by atoms with Gasteiger partial charge in [0, 0.05) is 0 Å². The van der Waals surface area contributed by atoms with E-state index in [9.17, 15) is 14.0 Å². The highest BCUT2D eigenvalue weighted by Crippen LogP contribution is 2.28. The molecule has 0 unspecified atom stereocenters. The molecule has 0 bridgehead atoms. The molecule has 1 aromatic carbocycles. The molecule has 0 spiro atoms. The van der Waals surface area contributed by atoms with E-state index in [4.69, 9.17) is 0 Å². The quantitative estimate of drug-likeness (QED) is 0.499. The molecule has 5 heteroatoms. The number of hydrogen-bond donors (Lipinski definition) is 0. The van der Waals surface area contributed by atoms with Gasteiger partial charge in [0.05, 0.1) is 12.7 Å². The van der Waals surface area contributed by atoms with Gasteiger partial charge in [-0.05, 0) is 12.1 Å². The molecular weight excluding hydrogens is 191 g/mol. The summed E-state index contributed by atoms with van der Waals surface area (Å²) in [4.78, 5) is 22.0. The SMILES string of the molecule is COc1ccc2c(c1F)C(=O)OC2=O. The first-order valence-corrected chi connectivity index (χ1v) is 3.78. The molecule has 0 N–H and O–H groups in total. The van der Waals surface area contributed by atoms with Crippen LogP contribution in [-0.2, 0) is 4.74 Å². The average Bonchev–Trinajstić information content (AvgIpc) is 2.44. The van der Waals surface area contributed by atoms with Crippen molar-refractivity contribution in [3.8, 4) is 5.75 Å². The number of methoxy groups -OCH3 is 1. The van der Waals surface area contributed by atoms with Gasteiger partial charge < -0.3 is 9.47 Å². The zero-order valence-corrected chi connectivity index (χ0v) is 7.17. The number of cyclic esters (lactones) is 2.